The van der Waals surface area contributed by atoms with Gasteiger partial charge in [0.2, 0.25) is 17.7 Å². The van der Waals surface area contributed by atoms with Gasteiger partial charge >= 0.3 is 0 Å². The molecular weight excluding hydrogens is 707 g/mol. The molecule has 5 aromatic rings. The first-order chi connectivity index (χ1) is 26.9. The number of fused-ring (bicyclic) bond motifs is 1. The van der Waals surface area contributed by atoms with E-state index >= 15 is 0 Å². The number of rotatable bonds is 15. The van der Waals surface area contributed by atoms with E-state index in [1.54, 1.807) is 29.1 Å². The van der Waals surface area contributed by atoms with E-state index in [1.807, 2.05) is 33.0 Å². The largest absolute Gasteiger partial charge is 0.508 e. The lowest BCUT2D eigenvalue weighted by Crippen LogP contribution is -2.53. The molecule has 56 heavy (non-hydrogen) atoms. The van der Waals surface area contributed by atoms with Crippen molar-refractivity contribution >= 4 is 28.7 Å². The summed E-state index contributed by atoms with van der Waals surface area (Å²) in [5.41, 5.74) is 17.2. The fourth-order valence-electron chi connectivity index (χ4n) is 10.7. The highest BCUT2D eigenvalue weighted by Crippen LogP contribution is 2.61. The van der Waals surface area contributed by atoms with E-state index in [9.17, 15) is 14.7 Å². The van der Waals surface area contributed by atoms with Crippen LogP contribution in [0, 0.1) is 37.0 Å². The number of phenolic OH excluding ortho intramolecular Hbond substituents is 1. The Bertz CT molecular complexity index is 2160. The summed E-state index contributed by atoms with van der Waals surface area (Å²) in [4.78, 5) is 37.4. The highest BCUT2D eigenvalue weighted by molar-refractivity contribution is 5.90. The van der Waals surface area contributed by atoms with Crippen molar-refractivity contribution < 1.29 is 19.2 Å². The molecule has 0 radical (unpaired) electrons. The molecule has 9 rings (SSSR count). The van der Waals surface area contributed by atoms with Gasteiger partial charge in [0.15, 0.2) is 11.8 Å². The maximum atomic E-state index is 14.6. The van der Waals surface area contributed by atoms with Crippen LogP contribution in [0.5, 0.6) is 5.75 Å². The Kier molecular flexibility index (Phi) is 10.4. The van der Waals surface area contributed by atoms with Gasteiger partial charge in [-0.3, -0.25) is 9.59 Å². The molecule has 0 unspecified atom stereocenters. The van der Waals surface area contributed by atoms with E-state index < -0.39 is 29.9 Å². The topological polar surface area (TPSA) is 192 Å². The molecular formula is C43H55N9O4. The van der Waals surface area contributed by atoms with Crippen LogP contribution in [0.25, 0.3) is 10.9 Å². The van der Waals surface area contributed by atoms with E-state index in [0.29, 0.717) is 43.5 Å². The van der Waals surface area contributed by atoms with Crippen molar-refractivity contribution in [2.75, 3.05) is 5.73 Å². The number of nitrogens with zero attached hydrogens (tertiary/aromatic N) is 5. The van der Waals surface area contributed by atoms with E-state index in [-0.39, 0.29) is 17.6 Å². The number of aromatic hydroxyl groups is 1. The summed E-state index contributed by atoms with van der Waals surface area (Å²) in [6.45, 7) is 4.34. The number of hydrogen-bond donors (Lipinski definition) is 5. The number of para-hydroxylation sites is 1. The fraction of sp³-hybridized carbons (Fsp3) is 0.512. The summed E-state index contributed by atoms with van der Waals surface area (Å²) >= 11 is 0. The smallest absolute Gasteiger partial charge is 0.249 e. The van der Waals surface area contributed by atoms with Crippen molar-refractivity contribution in [1.29, 1.82) is 0 Å². The molecule has 0 saturated heterocycles. The molecule has 0 aliphatic heterocycles. The van der Waals surface area contributed by atoms with Crippen molar-refractivity contribution in [1.82, 2.24) is 34.9 Å². The average Bonchev–Trinajstić information content (AvgIpc) is 3.86. The summed E-state index contributed by atoms with van der Waals surface area (Å²) < 4.78 is 9.94. The summed E-state index contributed by atoms with van der Waals surface area (Å²) in [6, 6.07) is 9.01. The fourth-order valence-corrected chi connectivity index (χ4v) is 10.7. The minimum Gasteiger partial charge on any atom is -0.508 e. The SMILES string of the molecule is Cc1cc(O)cc(C)c1C[C@H](NC(=O)[C@H](N)CCCn1ccnc1N)C(=O)N[C@@H](Cc1cn(C)c2ccccc12)c1nc(CC23CC4CC(CC(C4)C2)C3)no1. The number of anilines is 1. The molecule has 2 aromatic carbocycles. The Balaban J connectivity index is 1.05. The summed E-state index contributed by atoms with van der Waals surface area (Å²) in [5.74, 6) is 3.19. The minimum atomic E-state index is -0.982. The van der Waals surface area contributed by atoms with Gasteiger partial charge in [-0.15, -0.1) is 0 Å². The maximum absolute atomic E-state index is 14.6. The van der Waals surface area contributed by atoms with E-state index in [0.717, 1.165) is 57.3 Å². The van der Waals surface area contributed by atoms with E-state index in [4.69, 9.17) is 21.0 Å². The van der Waals surface area contributed by atoms with Crippen LogP contribution in [0.15, 0.2) is 59.5 Å². The zero-order chi connectivity index (χ0) is 39.1. The molecule has 4 bridgehead atoms. The second-order valence-corrected chi connectivity index (χ2v) is 17.2. The Morgan fingerprint density at radius 2 is 1.71 bits per heavy atom. The van der Waals surface area contributed by atoms with Crippen LogP contribution in [0.4, 0.5) is 5.95 Å². The number of carbonyl (C=O) groups is 2. The first-order valence-electron chi connectivity index (χ1n) is 20.2. The first kappa shape index (κ1) is 37.7. The third-order valence-corrected chi connectivity index (χ3v) is 12.9. The molecule has 4 saturated carbocycles. The lowest BCUT2D eigenvalue weighted by molar-refractivity contribution is -0.130. The van der Waals surface area contributed by atoms with Crippen molar-refractivity contribution in [2.45, 2.75) is 109 Å². The van der Waals surface area contributed by atoms with Crippen molar-refractivity contribution in [2.24, 2.45) is 36.0 Å². The predicted octanol–water partition coefficient (Wildman–Crippen LogP) is 5.36. The van der Waals surface area contributed by atoms with Crippen LogP contribution in [-0.4, -0.2) is 53.3 Å². The molecule has 4 aliphatic rings. The van der Waals surface area contributed by atoms with Crippen molar-refractivity contribution in [3.05, 3.63) is 89.0 Å². The maximum Gasteiger partial charge on any atom is 0.249 e. The van der Waals surface area contributed by atoms with Gasteiger partial charge in [0.25, 0.3) is 0 Å². The molecule has 13 heteroatoms. The molecule has 296 valence electrons. The summed E-state index contributed by atoms with van der Waals surface area (Å²) in [7, 11) is 2.01. The summed E-state index contributed by atoms with van der Waals surface area (Å²) in [5, 5.41) is 22.1. The number of aromatic nitrogens is 5. The lowest BCUT2D eigenvalue weighted by atomic mass is 9.49. The van der Waals surface area contributed by atoms with Gasteiger partial charge in [0.1, 0.15) is 17.8 Å². The van der Waals surface area contributed by atoms with Crippen LogP contribution in [0.3, 0.4) is 0 Å². The molecule has 4 aliphatic carbocycles. The zero-order valence-electron chi connectivity index (χ0n) is 32.7. The minimum absolute atomic E-state index is 0.144. The number of carbonyl (C=O) groups excluding carboxylic acids is 2. The molecule has 2 amide bonds. The molecule has 4 fully saturated rings. The molecule has 0 spiro atoms. The van der Waals surface area contributed by atoms with Crippen molar-refractivity contribution in [3.63, 3.8) is 0 Å². The highest BCUT2D eigenvalue weighted by atomic mass is 16.5. The number of nitrogens with two attached hydrogens (primary N) is 2. The number of phenols is 1. The molecule has 3 heterocycles. The van der Waals surface area contributed by atoms with Crippen LogP contribution in [-0.2, 0) is 42.4 Å². The van der Waals surface area contributed by atoms with Crippen molar-refractivity contribution in [3.8, 4) is 5.75 Å². The first-order valence-corrected chi connectivity index (χ1v) is 20.2. The number of amides is 2. The molecule has 3 aromatic heterocycles. The monoisotopic (exact) mass is 761 g/mol. The number of hydrogen-bond acceptors (Lipinski definition) is 9. The van der Waals surface area contributed by atoms with Gasteiger partial charge in [-0.1, -0.05) is 23.4 Å². The van der Waals surface area contributed by atoms with Gasteiger partial charge in [0.05, 0.1) is 6.04 Å². The van der Waals surface area contributed by atoms with E-state index in [1.165, 1.54) is 38.5 Å². The Morgan fingerprint density at radius 1 is 1.02 bits per heavy atom. The zero-order valence-corrected chi connectivity index (χ0v) is 32.7. The van der Waals surface area contributed by atoms with Gasteiger partial charge in [-0.25, -0.2) is 4.98 Å². The standard InChI is InChI=1S/C43H55N9O4/c1-25-13-31(53)14-26(2)33(25)19-35(47-39(54)34(44)8-6-11-52-12-10-46-42(52)45)40(55)48-36(18-30-24-51(3)37-9-5-4-7-32(30)37)41-49-38(50-56-41)23-43-20-27-15-28(21-43)17-29(16-27)22-43/h4-5,7,9-10,12-14,24,27-29,34-36,53H,6,8,11,15-23,44H2,1-3H3,(H2,45,46)(H,47,54)(H,48,55)/t27?,28?,29?,34-,35+,36+,43?/m1/s1. The number of aryl methyl sites for hydroxylation is 4. The van der Waals surface area contributed by atoms with Gasteiger partial charge in [0, 0.05) is 62.3 Å². The van der Waals surface area contributed by atoms with Crippen LogP contribution >= 0.6 is 0 Å². The number of imidazole rings is 1. The number of nitrogens with one attached hydrogen (secondary N) is 2. The second-order valence-electron chi connectivity index (χ2n) is 17.2. The van der Waals surface area contributed by atoms with Crippen LogP contribution < -0.4 is 22.1 Å². The third-order valence-electron chi connectivity index (χ3n) is 12.9. The van der Waals surface area contributed by atoms with Crippen LogP contribution in [0.1, 0.15) is 91.4 Å². The summed E-state index contributed by atoms with van der Waals surface area (Å²) in [6.07, 6.45) is 15.6. The Morgan fingerprint density at radius 3 is 2.39 bits per heavy atom. The van der Waals surface area contributed by atoms with Gasteiger partial charge in [-0.2, -0.15) is 4.98 Å². The highest BCUT2D eigenvalue weighted by Gasteiger charge is 2.51. The predicted molar refractivity (Wildman–Crippen MR) is 213 cm³/mol. The number of benzene rings is 2. The Hall–Kier alpha value is -5.17. The lowest BCUT2D eigenvalue weighted by Gasteiger charge is -2.56. The van der Waals surface area contributed by atoms with Crippen LogP contribution in [0.2, 0.25) is 0 Å². The normalized spacial score (nSPS) is 23.0. The van der Waals surface area contributed by atoms with Gasteiger partial charge in [-0.05, 0) is 129 Å². The Labute approximate surface area is 327 Å². The molecule has 13 nitrogen and oxygen atoms in total. The third kappa shape index (κ3) is 7.91. The van der Waals surface area contributed by atoms with E-state index in [2.05, 4.69) is 43.7 Å². The number of nitrogen functional groups attached to an aromatic ring is 1. The average molecular weight is 762 g/mol. The molecule has 3 atom stereocenters. The van der Waals surface area contributed by atoms with Gasteiger partial charge < -0.3 is 40.9 Å². The molecule has 7 N–H and O–H groups in total. The second kappa shape index (κ2) is 15.4. The quantitative estimate of drug-likeness (QED) is 0.0935.